The molecule has 0 aliphatic rings. The molecule has 0 fully saturated rings. The summed E-state index contributed by atoms with van der Waals surface area (Å²) >= 11 is 0. The van der Waals surface area contributed by atoms with Crippen molar-refractivity contribution < 1.29 is 4.79 Å². The third kappa shape index (κ3) is 9.69. The normalized spacial score (nSPS) is 11.0. The van der Waals surface area contributed by atoms with Gasteiger partial charge in [-0.2, -0.15) is 9.78 Å². The van der Waals surface area contributed by atoms with Gasteiger partial charge in [0.2, 0.25) is 5.91 Å². The van der Waals surface area contributed by atoms with Gasteiger partial charge in [0.1, 0.15) is 12.7 Å². The maximum Gasteiger partial charge on any atom is 0.248 e. The molecule has 0 amide bonds. The average Bonchev–Trinajstić information content (AvgIpc) is 3.06. The van der Waals surface area contributed by atoms with Crippen LogP contribution in [-0.4, -0.2) is 20.7 Å². The van der Waals surface area contributed by atoms with E-state index in [4.69, 9.17) is 0 Å². The van der Waals surface area contributed by atoms with Crippen LogP contribution in [-0.2, 0) is 0 Å². The van der Waals surface area contributed by atoms with Gasteiger partial charge in [-0.1, -0.05) is 84.0 Å². The van der Waals surface area contributed by atoms with Crippen molar-refractivity contribution in [3.8, 4) is 0 Å². The number of nitrogens with zero attached hydrogens (tertiary/aromatic N) is 3. The topological polar surface area (TPSA) is 47.8 Å². The fourth-order valence-electron chi connectivity index (χ4n) is 2.75. The molecule has 1 rings (SSSR count). The SMILES string of the molecule is CCCCCCCCCCCCCCCC(=O)n1cncn1. The van der Waals surface area contributed by atoms with Crippen LogP contribution in [0.15, 0.2) is 12.7 Å². The largest absolute Gasteiger partial charge is 0.273 e. The van der Waals surface area contributed by atoms with Crippen molar-refractivity contribution in [2.75, 3.05) is 0 Å². The fourth-order valence-corrected chi connectivity index (χ4v) is 2.75. The highest BCUT2D eigenvalue weighted by atomic mass is 16.2. The summed E-state index contributed by atoms with van der Waals surface area (Å²) in [7, 11) is 0. The Bertz CT molecular complexity index is 362. The van der Waals surface area contributed by atoms with Crippen LogP contribution in [0, 0.1) is 0 Å². The highest BCUT2D eigenvalue weighted by Crippen LogP contribution is 2.13. The van der Waals surface area contributed by atoms with Gasteiger partial charge in [-0.25, -0.2) is 4.98 Å². The summed E-state index contributed by atoms with van der Waals surface area (Å²) in [5, 5.41) is 3.85. The molecule has 1 aromatic heterocycles. The molecule has 0 saturated heterocycles. The van der Waals surface area contributed by atoms with Crippen LogP contribution in [0.2, 0.25) is 0 Å². The summed E-state index contributed by atoms with van der Waals surface area (Å²) in [4.78, 5) is 15.5. The van der Waals surface area contributed by atoms with E-state index >= 15 is 0 Å². The summed E-state index contributed by atoms with van der Waals surface area (Å²) in [5.74, 6) is 0.0561. The zero-order chi connectivity index (χ0) is 15.9. The summed E-state index contributed by atoms with van der Waals surface area (Å²) in [6.45, 7) is 2.27. The van der Waals surface area contributed by atoms with E-state index in [2.05, 4.69) is 17.0 Å². The molecule has 0 aliphatic carbocycles. The van der Waals surface area contributed by atoms with E-state index in [1.54, 1.807) is 0 Å². The zero-order valence-electron chi connectivity index (χ0n) is 14.3. The monoisotopic (exact) mass is 307 g/mol. The van der Waals surface area contributed by atoms with E-state index in [9.17, 15) is 4.79 Å². The smallest absolute Gasteiger partial charge is 0.248 e. The molecule has 0 spiro atoms. The molecule has 4 nitrogen and oxygen atoms in total. The second-order valence-electron chi connectivity index (χ2n) is 6.23. The van der Waals surface area contributed by atoms with E-state index in [1.807, 2.05) is 0 Å². The number of rotatable bonds is 14. The molecule has 0 aliphatic heterocycles. The van der Waals surface area contributed by atoms with Crippen molar-refractivity contribution in [1.29, 1.82) is 0 Å². The zero-order valence-corrected chi connectivity index (χ0v) is 14.3. The first-order chi connectivity index (χ1) is 10.8. The van der Waals surface area contributed by atoms with Crippen LogP contribution < -0.4 is 0 Å². The Balaban J connectivity index is 1.77. The van der Waals surface area contributed by atoms with E-state index in [0.29, 0.717) is 6.42 Å². The van der Waals surface area contributed by atoms with Crippen molar-refractivity contribution in [2.24, 2.45) is 0 Å². The first-order valence-corrected chi connectivity index (χ1v) is 9.22. The number of hydrogen-bond acceptors (Lipinski definition) is 3. The minimum Gasteiger partial charge on any atom is -0.273 e. The number of carbonyl (C=O) groups is 1. The predicted molar refractivity (Wildman–Crippen MR) is 91.0 cm³/mol. The van der Waals surface area contributed by atoms with Crippen LogP contribution in [0.1, 0.15) is 102 Å². The lowest BCUT2D eigenvalue weighted by molar-refractivity contribution is 0.0882. The van der Waals surface area contributed by atoms with Gasteiger partial charge in [-0.05, 0) is 6.42 Å². The summed E-state index contributed by atoms with van der Waals surface area (Å²) in [6, 6.07) is 0. The van der Waals surface area contributed by atoms with Gasteiger partial charge >= 0.3 is 0 Å². The molecule has 1 heterocycles. The molecule has 0 radical (unpaired) electrons. The molecular formula is C18H33N3O. The second-order valence-corrected chi connectivity index (χ2v) is 6.23. The van der Waals surface area contributed by atoms with Crippen molar-refractivity contribution in [3.05, 3.63) is 12.7 Å². The van der Waals surface area contributed by atoms with Crippen molar-refractivity contribution in [1.82, 2.24) is 14.8 Å². The van der Waals surface area contributed by atoms with Gasteiger partial charge in [0, 0.05) is 6.42 Å². The van der Waals surface area contributed by atoms with E-state index < -0.39 is 0 Å². The average molecular weight is 307 g/mol. The Labute approximate surface area is 135 Å². The Morgan fingerprint density at radius 2 is 1.32 bits per heavy atom. The van der Waals surface area contributed by atoms with Crippen LogP contribution in [0.3, 0.4) is 0 Å². The van der Waals surface area contributed by atoms with Crippen molar-refractivity contribution in [2.45, 2.75) is 96.8 Å². The standard InChI is InChI=1S/C18H33N3O/c1-2-3-4-5-6-7-8-9-10-11-12-13-14-15-18(22)21-17-19-16-20-21/h16-17H,2-15H2,1H3. The minimum absolute atomic E-state index is 0.0561. The van der Waals surface area contributed by atoms with Crippen LogP contribution in [0.4, 0.5) is 0 Å². The third-order valence-corrected chi connectivity index (χ3v) is 4.17. The van der Waals surface area contributed by atoms with Crippen LogP contribution in [0.5, 0.6) is 0 Å². The molecule has 0 aromatic carbocycles. The number of hydrogen-bond donors (Lipinski definition) is 0. The molecule has 126 valence electrons. The lowest BCUT2D eigenvalue weighted by Gasteiger charge is -2.03. The van der Waals surface area contributed by atoms with Crippen LogP contribution >= 0.6 is 0 Å². The lowest BCUT2D eigenvalue weighted by atomic mass is 10.0. The summed E-state index contributed by atoms with van der Waals surface area (Å²) < 4.78 is 1.33. The molecular weight excluding hydrogens is 274 g/mol. The highest BCUT2D eigenvalue weighted by molar-refractivity contribution is 5.77. The molecule has 0 unspecified atom stereocenters. The minimum atomic E-state index is 0.0561. The maximum absolute atomic E-state index is 11.7. The Kier molecular flexibility index (Phi) is 11.5. The third-order valence-electron chi connectivity index (χ3n) is 4.17. The van der Waals surface area contributed by atoms with E-state index in [0.717, 1.165) is 12.8 Å². The highest BCUT2D eigenvalue weighted by Gasteiger charge is 2.04. The van der Waals surface area contributed by atoms with Crippen LogP contribution in [0.25, 0.3) is 0 Å². The van der Waals surface area contributed by atoms with Gasteiger partial charge in [-0.15, -0.1) is 0 Å². The molecule has 0 atom stereocenters. The van der Waals surface area contributed by atoms with E-state index in [-0.39, 0.29) is 5.91 Å². The molecule has 0 N–H and O–H groups in total. The number of aromatic nitrogens is 3. The molecule has 0 saturated carbocycles. The quantitative estimate of drug-likeness (QED) is 0.432. The number of unbranched alkanes of at least 4 members (excludes halogenated alkanes) is 12. The van der Waals surface area contributed by atoms with Gasteiger partial charge < -0.3 is 0 Å². The Morgan fingerprint density at radius 1 is 0.818 bits per heavy atom. The first kappa shape index (κ1) is 18.9. The van der Waals surface area contributed by atoms with Crippen molar-refractivity contribution >= 4 is 5.91 Å². The van der Waals surface area contributed by atoms with Gasteiger partial charge in [0.05, 0.1) is 0 Å². The Hall–Kier alpha value is -1.19. The summed E-state index contributed by atoms with van der Waals surface area (Å²) in [5.41, 5.74) is 0. The molecule has 0 bridgehead atoms. The van der Waals surface area contributed by atoms with Crippen molar-refractivity contribution in [3.63, 3.8) is 0 Å². The molecule has 1 aromatic rings. The fraction of sp³-hybridized carbons (Fsp3) is 0.833. The molecule has 4 heteroatoms. The van der Waals surface area contributed by atoms with E-state index in [1.165, 1.54) is 88.0 Å². The summed E-state index contributed by atoms with van der Waals surface area (Å²) in [6.07, 6.45) is 20.7. The second kappa shape index (κ2) is 13.5. The predicted octanol–water partition coefficient (Wildman–Crippen LogP) is 5.40. The lowest BCUT2D eigenvalue weighted by Crippen LogP contribution is -2.10. The number of carbonyl (C=O) groups excluding carboxylic acids is 1. The van der Waals surface area contributed by atoms with Gasteiger partial charge in [0.15, 0.2) is 0 Å². The first-order valence-electron chi connectivity index (χ1n) is 9.22. The van der Waals surface area contributed by atoms with Gasteiger partial charge in [0.25, 0.3) is 0 Å². The maximum atomic E-state index is 11.7. The van der Waals surface area contributed by atoms with Gasteiger partial charge in [-0.3, -0.25) is 4.79 Å². The Morgan fingerprint density at radius 3 is 1.77 bits per heavy atom. The molecule has 22 heavy (non-hydrogen) atoms.